The molecule has 1 N–H and O–H groups in total. The zero-order chi connectivity index (χ0) is 8.27. The molecule has 11 heavy (non-hydrogen) atoms. The number of ether oxygens (including phenoxy) is 2. The van der Waals surface area contributed by atoms with Gasteiger partial charge in [-0.2, -0.15) is 0 Å². The van der Waals surface area contributed by atoms with E-state index in [9.17, 15) is 0 Å². The van der Waals surface area contributed by atoms with E-state index < -0.39 is 0 Å². The summed E-state index contributed by atoms with van der Waals surface area (Å²) in [5, 5.41) is 9.02. The largest absolute Gasteiger partial charge is 0.393 e. The van der Waals surface area contributed by atoms with E-state index >= 15 is 0 Å². The molecule has 3 nitrogen and oxygen atoms in total. The van der Waals surface area contributed by atoms with Gasteiger partial charge in [0.15, 0.2) is 0 Å². The third-order valence-corrected chi connectivity index (χ3v) is 1.71. The van der Waals surface area contributed by atoms with Crippen LogP contribution >= 0.6 is 0 Å². The standard InChI is InChI=1S/C8H16O3/c1-6(9)3-7(2)11-8-4-10-5-8/h6-9H,3-5H2,1-2H3. The smallest absolute Gasteiger partial charge is 0.104 e. The van der Waals surface area contributed by atoms with Gasteiger partial charge in [0.1, 0.15) is 6.10 Å². The first-order valence-electron chi connectivity index (χ1n) is 4.09. The molecule has 2 atom stereocenters. The van der Waals surface area contributed by atoms with Crippen LogP contribution in [0.15, 0.2) is 0 Å². The molecule has 1 aliphatic rings. The Morgan fingerprint density at radius 2 is 2.18 bits per heavy atom. The molecule has 0 radical (unpaired) electrons. The van der Waals surface area contributed by atoms with Crippen LogP contribution in [-0.2, 0) is 9.47 Å². The minimum absolute atomic E-state index is 0.142. The van der Waals surface area contributed by atoms with Gasteiger partial charge in [-0.1, -0.05) is 0 Å². The molecule has 66 valence electrons. The Balaban J connectivity index is 2.04. The number of aliphatic hydroxyl groups is 1. The highest BCUT2D eigenvalue weighted by atomic mass is 16.6. The van der Waals surface area contributed by atoms with E-state index in [1.165, 1.54) is 0 Å². The summed E-state index contributed by atoms with van der Waals surface area (Å²) in [4.78, 5) is 0. The van der Waals surface area contributed by atoms with Crippen LogP contribution in [0.1, 0.15) is 20.3 Å². The van der Waals surface area contributed by atoms with Crippen molar-refractivity contribution in [1.29, 1.82) is 0 Å². The summed E-state index contributed by atoms with van der Waals surface area (Å²) in [5.74, 6) is 0. The van der Waals surface area contributed by atoms with Gasteiger partial charge in [0.05, 0.1) is 25.4 Å². The summed E-state index contributed by atoms with van der Waals surface area (Å²) < 4.78 is 10.5. The van der Waals surface area contributed by atoms with Gasteiger partial charge >= 0.3 is 0 Å². The second kappa shape index (κ2) is 4.04. The first kappa shape index (κ1) is 8.97. The monoisotopic (exact) mass is 160 g/mol. The highest BCUT2D eigenvalue weighted by molar-refractivity contribution is 4.67. The number of aliphatic hydroxyl groups excluding tert-OH is 1. The van der Waals surface area contributed by atoms with Crippen molar-refractivity contribution in [3.63, 3.8) is 0 Å². The minimum atomic E-state index is -0.272. The molecule has 1 aliphatic heterocycles. The first-order chi connectivity index (χ1) is 5.18. The second-order valence-electron chi connectivity index (χ2n) is 3.19. The van der Waals surface area contributed by atoms with Crippen molar-refractivity contribution in [2.24, 2.45) is 0 Å². The van der Waals surface area contributed by atoms with Crippen molar-refractivity contribution >= 4 is 0 Å². The Morgan fingerprint density at radius 3 is 2.55 bits per heavy atom. The average molecular weight is 160 g/mol. The van der Waals surface area contributed by atoms with E-state index in [4.69, 9.17) is 14.6 Å². The molecular weight excluding hydrogens is 144 g/mol. The Labute approximate surface area is 67.3 Å². The summed E-state index contributed by atoms with van der Waals surface area (Å²) in [5.41, 5.74) is 0. The van der Waals surface area contributed by atoms with Crippen LogP contribution < -0.4 is 0 Å². The Hall–Kier alpha value is -0.120. The Kier molecular flexibility index (Phi) is 3.30. The predicted molar refractivity (Wildman–Crippen MR) is 41.5 cm³/mol. The van der Waals surface area contributed by atoms with Crippen molar-refractivity contribution in [2.45, 2.75) is 38.6 Å². The topological polar surface area (TPSA) is 38.7 Å². The molecule has 0 aromatic heterocycles. The normalized spacial score (nSPS) is 24.3. The third-order valence-electron chi connectivity index (χ3n) is 1.71. The molecule has 3 heteroatoms. The zero-order valence-electron chi connectivity index (χ0n) is 7.12. The lowest BCUT2D eigenvalue weighted by molar-refractivity contribution is -0.155. The Bertz CT molecular complexity index is 110. The average Bonchev–Trinajstić information content (AvgIpc) is 1.77. The summed E-state index contributed by atoms with van der Waals surface area (Å²) >= 11 is 0. The van der Waals surface area contributed by atoms with E-state index in [0.29, 0.717) is 19.6 Å². The van der Waals surface area contributed by atoms with E-state index in [1.54, 1.807) is 6.92 Å². The number of hydrogen-bond acceptors (Lipinski definition) is 3. The Morgan fingerprint density at radius 1 is 1.55 bits per heavy atom. The number of rotatable bonds is 4. The zero-order valence-corrected chi connectivity index (χ0v) is 7.12. The van der Waals surface area contributed by atoms with Gasteiger partial charge in [-0.25, -0.2) is 0 Å². The maximum absolute atomic E-state index is 9.02. The quantitative estimate of drug-likeness (QED) is 0.653. The van der Waals surface area contributed by atoms with Gasteiger partial charge in [-0.15, -0.1) is 0 Å². The molecule has 0 aromatic carbocycles. The first-order valence-corrected chi connectivity index (χ1v) is 4.09. The molecule has 1 saturated heterocycles. The molecule has 0 aliphatic carbocycles. The molecule has 0 aromatic rings. The fraction of sp³-hybridized carbons (Fsp3) is 1.00. The molecule has 0 saturated carbocycles. The van der Waals surface area contributed by atoms with Gasteiger partial charge in [0, 0.05) is 0 Å². The van der Waals surface area contributed by atoms with Gasteiger partial charge < -0.3 is 14.6 Å². The molecule has 0 amide bonds. The van der Waals surface area contributed by atoms with Crippen LogP contribution in [0, 0.1) is 0 Å². The fourth-order valence-corrected chi connectivity index (χ4v) is 1.16. The van der Waals surface area contributed by atoms with Gasteiger partial charge in [0.25, 0.3) is 0 Å². The molecule has 0 spiro atoms. The predicted octanol–water partition coefficient (Wildman–Crippen LogP) is 0.561. The maximum Gasteiger partial charge on any atom is 0.104 e. The molecule has 1 rings (SSSR count). The van der Waals surface area contributed by atoms with E-state index in [-0.39, 0.29) is 18.3 Å². The third kappa shape index (κ3) is 3.18. The van der Waals surface area contributed by atoms with Gasteiger partial charge in [-0.05, 0) is 20.3 Å². The number of hydrogen-bond donors (Lipinski definition) is 1. The molecule has 1 heterocycles. The van der Waals surface area contributed by atoms with Gasteiger partial charge in [0.2, 0.25) is 0 Å². The van der Waals surface area contributed by atoms with Crippen LogP contribution in [0.2, 0.25) is 0 Å². The molecule has 0 bridgehead atoms. The van der Waals surface area contributed by atoms with Crippen LogP contribution in [0.3, 0.4) is 0 Å². The fourth-order valence-electron chi connectivity index (χ4n) is 1.16. The molecule has 1 fully saturated rings. The highest BCUT2D eigenvalue weighted by Gasteiger charge is 2.21. The lowest BCUT2D eigenvalue weighted by Crippen LogP contribution is -2.39. The van der Waals surface area contributed by atoms with Crippen molar-refractivity contribution in [2.75, 3.05) is 13.2 Å². The van der Waals surface area contributed by atoms with Crippen molar-refractivity contribution in [1.82, 2.24) is 0 Å². The highest BCUT2D eigenvalue weighted by Crippen LogP contribution is 2.11. The minimum Gasteiger partial charge on any atom is -0.393 e. The van der Waals surface area contributed by atoms with Crippen molar-refractivity contribution < 1.29 is 14.6 Å². The summed E-state index contributed by atoms with van der Waals surface area (Å²) in [6.07, 6.45) is 0.842. The van der Waals surface area contributed by atoms with E-state index in [2.05, 4.69) is 0 Å². The SMILES string of the molecule is CC(O)CC(C)OC1COC1. The lowest BCUT2D eigenvalue weighted by atomic mass is 10.2. The van der Waals surface area contributed by atoms with Crippen LogP contribution in [-0.4, -0.2) is 36.6 Å². The second-order valence-corrected chi connectivity index (χ2v) is 3.19. The summed E-state index contributed by atoms with van der Waals surface area (Å²) in [6, 6.07) is 0. The van der Waals surface area contributed by atoms with E-state index in [1.807, 2.05) is 6.92 Å². The van der Waals surface area contributed by atoms with Crippen LogP contribution in [0.4, 0.5) is 0 Å². The lowest BCUT2D eigenvalue weighted by Gasteiger charge is -2.29. The van der Waals surface area contributed by atoms with Crippen LogP contribution in [0.5, 0.6) is 0 Å². The van der Waals surface area contributed by atoms with Crippen molar-refractivity contribution in [3.05, 3.63) is 0 Å². The van der Waals surface area contributed by atoms with Crippen molar-refractivity contribution in [3.8, 4) is 0 Å². The van der Waals surface area contributed by atoms with E-state index in [0.717, 1.165) is 0 Å². The molecular formula is C8H16O3. The summed E-state index contributed by atoms with van der Waals surface area (Å²) in [6.45, 7) is 5.18. The molecule has 2 unspecified atom stereocenters. The maximum atomic E-state index is 9.02. The summed E-state index contributed by atoms with van der Waals surface area (Å²) in [7, 11) is 0. The van der Waals surface area contributed by atoms with Gasteiger partial charge in [-0.3, -0.25) is 0 Å². The van der Waals surface area contributed by atoms with Crippen LogP contribution in [0.25, 0.3) is 0 Å².